The van der Waals surface area contributed by atoms with E-state index in [2.05, 4.69) is 25.7 Å². The van der Waals surface area contributed by atoms with E-state index in [0.29, 0.717) is 0 Å². The molecular weight excluding hydrogens is 258 g/mol. The largest absolute Gasteiger partial charge is 0.326 e. The van der Waals surface area contributed by atoms with E-state index < -0.39 is 0 Å². The highest BCUT2D eigenvalue weighted by atomic mass is 16.1. The van der Waals surface area contributed by atoms with E-state index in [1.54, 1.807) is 6.08 Å². The van der Waals surface area contributed by atoms with Crippen LogP contribution in [0.25, 0.3) is 0 Å². The first-order valence-electron chi connectivity index (χ1n) is 7.32. The van der Waals surface area contributed by atoms with Crippen LogP contribution >= 0.6 is 0 Å². The number of hydrogen-bond donors (Lipinski definition) is 1. The van der Waals surface area contributed by atoms with Crippen LogP contribution < -0.4 is 5.32 Å². The molecule has 1 unspecified atom stereocenters. The summed E-state index contributed by atoms with van der Waals surface area (Å²) < 4.78 is 0. The Bertz CT molecular complexity index is 535. The van der Waals surface area contributed by atoms with Crippen molar-refractivity contribution in [3.8, 4) is 0 Å². The quantitative estimate of drug-likeness (QED) is 0.740. The third-order valence-electron chi connectivity index (χ3n) is 3.30. The molecule has 0 aliphatic heterocycles. The number of nitrogens with one attached hydrogen (secondary N) is 1. The minimum atomic E-state index is -0.194. The Morgan fingerprint density at radius 2 is 1.86 bits per heavy atom. The number of benzene rings is 1. The molecule has 0 fully saturated rings. The number of carbonyl (C=O) groups is 1. The van der Waals surface area contributed by atoms with Gasteiger partial charge in [-0.15, -0.1) is 0 Å². The van der Waals surface area contributed by atoms with Gasteiger partial charge in [0.2, 0.25) is 5.91 Å². The second-order valence-electron chi connectivity index (χ2n) is 5.48. The number of aryl methyl sites for hydroxylation is 1. The molecule has 2 heteroatoms. The van der Waals surface area contributed by atoms with Crippen LogP contribution in [0.15, 0.2) is 60.7 Å². The van der Waals surface area contributed by atoms with Crippen molar-refractivity contribution in [3.05, 3.63) is 66.3 Å². The van der Waals surface area contributed by atoms with Gasteiger partial charge in [-0.05, 0) is 37.5 Å². The number of amides is 1. The summed E-state index contributed by atoms with van der Waals surface area (Å²) >= 11 is 0. The Hall–Kier alpha value is -2.09. The Kier molecular flexibility index (Phi) is 6.67. The summed E-state index contributed by atoms with van der Waals surface area (Å²) in [6, 6.07) is 7.84. The van der Waals surface area contributed by atoms with Crippen LogP contribution in [0.1, 0.15) is 26.3 Å². The lowest BCUT2D eigenvalue weighted by Crippen LogP contribution is -2.28. The highest BCUT2D eigenvalue weighted by Gasteiger charge is 2.24. The van der Waals surface area contributed by atoms with E-state index >= 15 is 0 Å². The number of carbonyl (C=O) groups excluding carboxylic acids is 1. The molecule has 0 aromatic heterocycles. The molecule has 0 spiro atoms. The van der Waals surface area contributed by atoms with Gasteiger partial charge in [-0.2, -0.15) is 0 Å². The number of rotatable bonds is 6. The molecule has 0 heterocycles. The Morgan fingerprint density at radius 1 is 1.24 bits per heavy atom. The molecule has 2 nitrogen and oxygen atoms in total. The first-order valence-corrected chi connectivity index (χ1v) is 7.32. The molecule has 1 rings (SSSR count). The van der Waals surface area contributed by atoms with E-state index in [1.165, 1.54) is 5.56 Å². The van der Waals surface area contributed by atoms with Crippen molar-refractivity contribution < 1.29 is 4.79 Å². The average Bonchev–Trinajstić information content (AvgIpc) is 2.41. The van der Waals surface area contributed by atoms with Crippen molar-refractivity contribution in [3.63, 3.8) is 0 Å². The molecule has 0 radical (unpaired) electrons. The summed E-state index contributed by atoms with van der Waals surface area (Å²) in [7, 11) is 0. The molecule has 0 saturated carbocycles. The lowest BCUT2D eigenvalue weighted by atomic mass is 9.86. The van der Waals surface area contributed by atoms with Crippen LogP contribution in [0, 0.1) is 18.8 Å². The van der Waals surface area contributed by atoms with Crippen molar-refractivity contribution >= 4 is 11.6 Å². The summed E-state index contributed by atoms with van der Waals surface area (Å²) in [6.45, 7) is 11.8. The molecule has 0 bridgehead atoms. The second-order valence-corrected chi connectivity index (χ2v) is 5.48. The lowest BCUT2D eigenvalue weighted by Gasteiger charge is -2.21. The maximum Gasteiger partial charge on any atom is 0.232 e. The topological polar surface area (TPSA) is 29.1 Å². The third-order valence-corrected chi connectivity index (χ3v) is 3.30. The van der Waals surface area contributed by atoms with Crippen LogP contribution in [0.5, 0.6) is 0 Å². The maximum absolute atomic E-state index is 12.6. The summed E-state index contributed by atoms with van der Waals surface area (Å²) in [5.74, 6) is 0.0263. The van der Waals surface area contributed by atoms with Gasteiger partial charge in [-0.25, -0.2) is 0 Å². The van der Waals surface area contributed by atoms with Gasteiger partial charge in [0, 0.05) is 5.69 Å². The minimum Gasteiger partial charge on any atom is -0.326 e. The standard InChI is InChI=1S/C19H25NO/c1-6-8-16(9-7-2)18(14(3)4)19(21)20-17-12-10-15(5)11-13-17/h6-14,18H,1H2,2-5H3,(H,20,21)/b9-7-,16-8+. The molecule has 1 aromatic rings. The van der Waals surface area contributed by atoms with E-state index in [0.717, 1.165) is 11.3 Å². The molecule has 0 aliphatic rings. The molecule has 1 N–H and O–H groups in total. The molecule has 1 aromatic carbocycles. The molecule has 1 atom stereocenters. The Labute approximate surface area is 128 Å². The predicted octanol–water partition coefficient (Wildman–Crippen LogP) is 4.89. The Balaban J connectivity index is 2.99. The van der Waals surface area contributed by atoms with E-state index in [1.807, 2.05) is 56.3 Å². The summed E-state index contributed by atoms with van der Waals surface area (Å²) in [5, 5.41) is 3.00. The van der Waals surface area contributed by atoms with Crippen LogP contribution in [0.4, 0.5) is 5.69 Å². The third kappa shape index (κ3) is 5.07. The van der Waals surface area contributed by atoms with Crippen molar-refractivity contribution in [1.29, 1.82) is 0 Å². The SMILES string of the molecule is C=C/C=C(\C=C/C)C(C(=O)Nc1ccc(C)cc1)C(C)C. The zero-order valence-electron chi connectivity index (χ0n) is 13.4. The summed E-state index contributed by atoms with van der Waals surface area (Å²) in [5.41, 5.74) is 2.98. The minimum absolute atomic E-state index is 0.0139. The van der Waals surface area contributed by atoms with Gasteiger partial charge >= 0.3 is 0 Å². The van der Waals surface area contributed by atoms with Crippen molar-refractivity contribution in [2.24, 2.45) is 11.8 Å². The zero-order chi connectivity index (χ0) is 15.8. The molecule has 1 amide bonds. The highest BCUT2D eigenvalue weighted by Crippen LogP contribution is 2.24. The van der Waals surface area contributed by atoms with Crippen molar-refractivity contribution in [1.82, 2.24) is 0 Å². The van der Waals surface area contributed by atoms with Crippen molar-refractivity contribution in [2.75, 3.05) is 5.32 Å². The number of allylic oxidation sites excluding steroid dienone is 4. The van der Waals surface area contributed by atoms with Crippen LogP contribution in [-0.2, 0) is 4.79 Å². The first kappa shape index (κ1) is 17.0. The fraction of sp³-hybridized carbons (Fsp3) is 0.316. The smallest absolute Gasteiger partial charge is 0.232 e. The number of hydrogen-bond acceptors (Lipinski definition) is 1. The molecule has 21 heavy (non-hydrogen) atoms. The van der Waals surface area contributed by atoms with E-state index in [4.69, 9.17) is 0 Å². The molecule has 0 aliphatic carbocycles. The van der Waals surface area contributed by atoms with Crippen LogP contribution in [0.2, 0.25) is 0 Å². The lowest BCUT2D eigenvalue weighted by molar-refractivity contribution is -0.119. The normalized spacial score (nSPS) is 13.5. The van der Waals surface area contributed by atoms with Gasteiger partial charge in [0.15, 0.2) is 0 Å². The molecular formula is C19H25NO. The van der Waals surface area contributed by atoms with Gasteiger partial charge in [0.25, 0.3) is 0 Å². The monoisotopic (exact) mass is 283 g/mol. The van der Waals surface area contributed by atoms with E-state index in [-0.39, 0.29) is 17.7 Å². The second kappa shape index (κ2) is 8.25. The first-order chi connectivity index (χ1) is 9.99. The maximum atomic E-state index is 12.6. The molecule has 112 valence electrons. The Morgan fingerprint density at radius 3 is 2.33 bits per heavy atom. The van der Waals surface area contributed by atoms with Gasteiger partial charge in [0.1, 0.15) is 0 Å². The zero-order valence-corrected chi connectivity index (χ0v) is 13.4. The average molecular weight is 283 g/mol. The predicted molar refractivity (Wildman–Crippen MR) is 91.2 cm³/mol. The fourth-order valence-corrected chi connectivity index (χ4v) is 2.29. The fourth-order valence-electron chi connectivity index (χ4n) is 2.29. The van der Waals surface area contributed by atoms with Crippen LogP contribution in [0.3, 0.4) is 0 Å². The van der Waals surface area contributed by atoms with Gasteiger partial charge < -0.3 is 5.32 Å². The van der Waals surface area contributed by atoms with Crippen molar-refractivity contribution in [2.45, 2.75) is 27.7 Å². The van der Waals surface area contributed by atoms with E-state index in [9.17, 15) is 4.79 Å². The van der Waals surface area contributed by atoms with Gasteiger partial charge in [0.05, 0.1) is 5.92 Å². The summed E-state index contributed by atoms with van der Waals surface area (Å²) in [4.78, 5) is 12.6. The van der Waals surface area contributed by atoms with Gasteiger partial charge in [-0.3, -0.25) is 4.79 Å². The summed E-state index contributed by atoms with van der Waals surface area (Å²) in [6.07, 6.45) is 7.55. The highest BCUT2D eigenvalue weighted by molar-refractivity contribution is 5.95. The van der Waals surface area contributed by atoms with Gasteiger partial charge in [-0.1, -0.05) is 62.4 Å². The van der Waals surface area contributed by atoms with Crippen LogP contribution in [-0.4, -0.2) is 5.91 Å². The molecule has 0 saturated heterocycles. The number of anilines is 1.